The fourth-order valence-electron chi connectivity index (χ4n) is 3.80. The fraction of sp³-hybridized carbons (Fsp3) is 0.739. The van der Waals surface area contributed by atoms with Crippen LogP contribution in [0.4, 0.5) is 5.69 Å². The topological polar surface area (TPSA) is 15.7 Å². The molecule has 1 aromatic carbocycles. The lowest BCUT2D eigenvalue weighted by molar-refractivity contribution is 0.0371. The largest absolute Gasteiger partial charge is 0.379 e. The fourth-order valence-corrected chi connectivity index (χ4v) is 3.80. The van der Waals surface area contributed by atoms with Crippen molar-refractivity contribution in [2.75, 3.05) is 51.3 Å². The summed E-state index contributed by atoms with van der Waals surface area (Å²) in [6.07, 6.45) is 11.0. The summed E-state index contributed by atoms with van der Waals surface area (Å²) in [5.41, 5.74) is 1.33. The highest BCUT2D eigenvalue weighted by molar-refractivity contribution is 5.44. The number of para-hydroxylation sites is 1. The molecule has 1 aromatic rings. The zero-order valence-corrected chi connectivity index (χ0v) is 17.2. The third-order valence-corrected chi connectivity index (χ3v) is 5.66. The van der Waals surface area contributed by atoms with Crippen LogP contribution in [0.25, 0.3) is 0 Å². The minimum Gasteiger partial charge on any atom is -0.379 e. The number of anilines is 1. The van der Waals surface area contributed by atoms with Crippen LogP contribution in [0.3, 0.4) is 0 Å². The van der Waals surface area contributed by atoms with E-state index >= 15 is 0 Å². The number of hydrogen-bond acceptors (Lipinski definition) is 3. The van der Waals surface area contributed by atoms with Crippen LogP contribution in [0.2, 0.25) is 0 Å². The van der Waals surface area contributed by atoms with Crippen molar-refractivity contribution in [3.8, 4) is 0 Å². The average molecular weight is 361 g/mol. The van der Waals surface area contributed by atoms with Gasteiger partial charge in [0.05, 0.1) is 13.2 Å². The molecule has 0 saturated carbocycles. The van der Waals surface area contributed by atoms with E-state index in [-0.39, 0.29) is 0 Å². The molecule has 0 amide bonds. The van der Waals surface area contributed by atoms with Gasteiger partial charge >= 0.3 is 0 Å². The molecule has 0 spiro atoms. The number of morpholine rings is 1. The van der Waals surface area contributed by atoms with Gasteiger partial charge < -0.3 is 9.64 Å². The Morgan fingerprint density at radius 3 is 2.31 bits per heavy atom. The average Bonchev–Trinajstić information content (AvgIpc) is 2.69. The van der Waals surface area contributed by atoms with Crippen molar-refractivity contribution in [1.29, 1.82) is 0 Å². The van der Waals surface area contributed by atoms with E-state index in [4.69, 9.17) is 4.74 Å². The quantitative estimate of drug-likeness (QED) is 0.449. The van der Waals surface area contributed by atoms with Crippen LogP contribution in [-0.2, 0) is 4.74 Å². The molecule has 2 rings (SSSR count). The Morgan fingerprint density at radius 1 is 0.923 bits per heavy atom. The molecule has 1 unspecified atom stereocenters. The lowest BCUT2D eigenvalue weighted by Crippen LogP contribution is -2.36. The van der Waals surface area contributed by atoms with E-state index in [1.54, 1.807) is 0 Å². The van der Waals surface area contributed by atoms with Crippen molar-refractivity contribution >= 4 is 5.69 Å². The normalized spacial score (nSPS) is 16.5. The Bertz CT molecular complexity index is 445. The summed E-state index contributed by atoms with van der Waals surface area (Å²) in [6.45, 7) is 9.01. The first-order valence-electron chi connectivity index (χ1n) is 10.8. The molecule has 1 fully saturated rings. The van der Waals surface area contributed by atoms with Crippen molar-refractivity contribution < 1.29 is 4.74 Å². The molecule has 1 aliphatic heterocycles. The third-order valence-electron chi connectivity index (χ3n) is 5.66. The van der Waals surface area contributed by atoms with Crippen molar-refractivity contribution in [3.05, 3.63) is 30.3 Å². The Labute approximate surface area is 161 Å². The molecule has 0 aliphatic carbocycles. The molecular weight excluding hydrogens is 320 g/mol. The molecule has 0 N–H and O–H groups in total. The first kappa shape index (κ1) is 21.2. The van der Waals surface area contributed by atoms with Gasteiger partial charge in [-0.15, -0.1) is 0 Å². The van der Waals surface area contributed by atoms with Gasteiger partial charge in [-0.2, -0.15) is 0 Å². The van der Waals surface area contributed by atoms with Crippen molar-refractivity contribution in [2.24, 2.45) is 5.92 Å². The number of rotatable bonds is 13. The molecule has 1 aliphatic rings. The van der Waals surface area contributed by atoms with Crippen LogP contribution in [0.1, 0.15) is 58.3 Å². The molecule has 26 heavy (non-hydrogen) atoms. The maximum Gasteiger partial charge on any atom is 0.0594 e. The predicted molar refractivity (Wildman–Crippen MR) is 113 cm³/mol. The van der Waals surface area contributed by atoms with E-state index in [1.165, 1.54) is 63.6 Å². The lowest BCUT2D eigenvalue weighted by Gasteiger charge is -2.26. The number of unbranched alkanes of at least 4 members (excludes halogenated alkanes) is 4. The van der Waals surface area contributed by atoms with Crippen LogP contribution in [0.15, 0.2) is 30.3 Å². The first-order valence-corrected chi connectivity index (χ1v) is 10.8. The second-order valence-electron chi connectivity index (χ2n) is 8.01. The van der Waals surface area contributed by atoms with Crippen LogP contribution in [-0.4, -0.2) is 51.3 Å². The molecular formula is C23H40N2O. The van der Waals surface area contributed by atoms with Gasteiger partial charge in [0.2, 0.25) is 0 Å². The SMILES string of the molecule is CC(CCCCCCN1CCOCC1)CCCCN(C)c1ccccc1. The summed E-state index contributed by atoms with van der Waals surface area (Å²) in [7, 11) is 2.20. The Morgan fingerprint density at radius 2 is 1.58 bits per heavy atom. The number of ether oxygens (including phenoxy) is 1. The Kier molecular flexibility index (Phi) is 10.8. The maximum absolute atomic E-state index is 5.40. The summed E-state index contributed by atoms with van der Waals surface area (Å²) in [4.78, 5) is 4.93. The van der Waals surface area contributed by atoms with Crippen LogP contribution in [0, 0.1) is 5.92 Å². The third kappa shape index (κ3) is 9.05. The van der Waals surface area contributed by atoms with E-state index < -0.39 is 0 Å². The van der Waals surface area contributed by atoms with Gasteiger partial charge in [-0.1, -0.05) is 63.6 Å². The summed E-state index contributed by atoms with van der Waals surface area (Å²) < 4.78 is 5.40. The van der Waals surface area contributed by atoms with Gasteiger partial charge in [0, 0.05) is 32.4 Å². The molecule has 3 heteroatoms. The van der Waals surface area contributed by atoms with Crippen LogP contribution < -0.4 is 4.90 Å². The molecule has 148 valence electrons. The highest BCUT2D eigenvalue weighted by Gasteiger charge is 2.09. The minimum absolute atomic E-state index is 0.885. The molecule has 1 atom stereocenters. The maximum atomic E-state index is 5.40. The van der Waals surface area contributed by atoms with Gasteiger partial charge in [-0.3, -0.25) is 4.90 Å². The van der Waals surface area contributed by atoms with E-state index in [9.17, 15) is 0 Å². The van der Waals surface area contributed by atoms with Gasteiger partial charge in [-0.05, 0) is 37.4 Å². The summed E-state index contributed by atoms with van der Waals surface area (Å²) >= 11 is 0. The zero-order chi connectivity index (χ0) is 18.5. The Hall–Kier alpha value is -1.06. The van der Waals surface area contributed by atoms with Crippen LogP contribution >= 0.6 is 0 Å². The number of hydrogen-bond donors (Lipinski definition) is 0. The van der Waals surface area contributed by atoms with Crippen molar-refractivity contribution in [2.45, 2.75) is 58.3 Å². The molecule has 0 aromatic heterocycles. The molecule has 1 heterocycles. The number of nitrogens with zero attached hydrogens (tertiary/aromatic N) is 2. The summed E-state index contributed by atoms with van der Waals surface area (Å²) in [5, 5.41) is 0. The Balaban J connectivity index is 1.40. The highest BCUT2D eigenvalue weighted by atomic mass is 16.5. The highest BCUT2D eigenvalue weighted by Crippen LogP contribution is 2.18. The number of benzene rings is 1. The van der Waals surface area contributed by atoms with Crippen molar-refractivity contribution in [1.82, 2.24) is 4.90 Å². The van der Waals surface area contributed by atoms with Gasteiger partial charge in [0.15, 0.2) is 0 Å². The monoisotopic (exact) mass is 360 g/mol. The minimum atomic E-state index is 0.885. The van der Waals surface area contributed by atoms with Gasteiger partial charge in [0.1, 0.15) is 0 Å². The molecule has 0 radical (unpaired) electrons. The molecule has 1 saturated heterocycles. The first-order chi connectivity index (χ1) is 12.8. The van der Waals surface area contributed by atoms with Crippen molar-refractivity contribution in [3.63, 3.8) is 0 Å². The second kappa shape index (κ2) is 13.2. The zero-order valence-electron chi connectivity index (χ0n) is 17.2. The van der Waals surface area contributed by atoms with Gasteiger partial charge in [0.25, 0.3) is 0 Å². The van der Waals surface area contributed by atoms with E-state index in [0.717, 1.165) is 38.8 Å². The van der Waals surface area contributed by atoms with Crippen LogP contribution in [0.5, 0.6) is 0 Å². The van der Waals surface area contributed by atoms with E-state index in [0.29, 0.717) is 0 Å². The molecule has 3 nitrogen and oxygen atoms in total. The van der Waals surface area contributed by atoms with Gasteiger partial charge in [-0.25, -0.2) is 0 Å². The summed E-state index contributed by atoms with van der Waals surface area (Å²) in [5.74, 6) is 0.885. The summed E-state index contributed by atoms with van der Waals surface area (Å²) in [6, 6.07) is 10.7. The predicted octanol–water partition coefficient (Wildman–Crippen LogP) is 5.21. The standard InChI is InChI=1S/C23H40N2O/c1-22(12-6-3-4-10-17-25-18-20-26-21-19-25)13-9-11-16-24(2)23-14-7-5-8-15-23/h5,7-8,14-15,22H,3-4,6,9-13,16-21H2,1-2H3. The lowest BCUT2D eigenvalue weighted by atomic mass is 9.97. The second-order valence-corrected chi connectivity index (χ2v) is 8.01. The van der Waals surface area contributed by atoms with E-state index in [1.807, 2.05) is 0 Å². The molecule has 0 bridgehead atoms. The smallest absolute Gasteiger partial charge is 0.0594 e. The van der Waals surface area contributed by atoms with E-state index in [2.05, 4.69) is 54.1 Å².